The number of Topliss-reactive ketones (excluding diaryl/α,β-unsaturated/α-hetero) is 1. The van der Waals surface area contributed by atoms with Gasteiger partial charge in [-0.3, -0.25) is 4.79 Å². The summed E-state index contributed by atoms with van der Waals surface area (Å²) in [5, 5.41) is 8.79. The highest BCUT2D eigenvalue weighted by Crippen LogP contribution is 2.46. The molecular formula is C24H23ClN4O2. The number of ketones is 1. The summed E-state index contributed by atoms with van der Waals surface area (Å²) in [6, 6.07) is 14.8. The Hall–Kier alpha value is -3.12. The zero-order chi connectivity index (χ0) is 21.8. The Bertz CT molecular complexity index is 1210. The fourth-order valence-corrected chi connectivity index (χ4v) is 4.69. The Labute approximate surface area is 185 Å². The van der Waals surface area contributed by atoms with Gasteiger partial charge in [0.05, 0.1) is 7.11 Å². The minimum Gasteiger partial charge on any atom is -0.497 e. The number of methoxy groups -OCH3 is 1. The zero-order valence-electron chi connectivity index (χ0n) is 17.6. The van der Waals surface area contributed by atoms with Crippen molar-refractivity contribution >= 4 is 23.3 Å². The summed E-state index contributed by atoms with van der Waals surface area (Å²) in [5.41, 5.74) is 3.23. The standard InChI is InChI=1S/C24H23ClN4O2/c1-24(2)12-18-20(19(30)13-24)21(16-6-4-5-7-17(16)25)29-23(26-18)27-22(28-29)14-8-10-15(31-3)11-9-14/h4-11,21H,12-13H2,1-3H3,(H,26,27,28)/t21-/m0/s1. The van der Waals surface area contributed by atoms with Gasteiger partial charge in [0, 0.05) is 33.8 Å². The van der Waals surface area contributed by atoms with Gasteiger partial charge >= 0.3 is 0 Å². The summed E-state index contributed by atoms with van der Waals surface area (Å²) >= 11 is 6.59. The van der Waals surface area contributed by atoms with Crippen LogP contribution in [0.4, 0.5) is 5.95 Å². The lowest BCUT2D eigenvalue weighted by atomic mass is 9.73. The monoisotopic (exact) mass is 434 g/mol. The molecule has 0 unspecified atom stereocenters. The van der Waals surface area contributed by atoms with Crippen molar-refractivity contribution in [3.05, 3.63) is 70.4 Å². The number of hydrogen-bond acceptors (Lipinski definition) is 5. The highest BCUT2D eigenvalue weighted by molar-refractivity contribution is 6.31. The number of allylic oxidation sites excluding steroid dienone is 2. The summed E-state index contributed by atoms with van der Waals surface area (Å²) in [6.07, 6.45) is 1.25. The van der Waals surface area contributed by atoms with E-state index in [-0.39, 0.29) is 11.2 Å². The first-order valence-electron chi connectivity index (χ1n) is 10.2. The summed E-state index contributed by atoms with van der Waals surface area (Å²) in [4.78, 5) is 18.0. The van der Waals surface area contributed by atoms with Crippen molar-refractivity contribution in [2.75, 3.05) is 12.4 Å². The first-order valence-corrected chi connectivity index (χ1v) is 10.6. The van der Waals surface area contributed by atoms with Crippen LogP contribution >= 0.6 is 11.6 Å². The maximum Gasteiger partial charge on any atom is 0.226 e. The first kappa shape index (κ1) is 19.8. The largest absolute Gasteiger partial charge is 0.497 e. The molecule has 158 valence electrons. The molecule has 6 nitrogen and oxygen atoms in total. The van der Waals surface area contributed by atoms with Crippen LogP contribution in [0.5, 0.6) is 5.75 Å². The topological polar surface area (TPSA) is 69.0 Å². The molecule has 1 aliphatic carbocycles. The number of hydrogen-bond donors (Lipinski definition) is 1. The Morgan fingerprint density at radius 3 is 2.58 bits per heavy atom. The molecule has 2 aromatic carbocycles. The Kier molecular flexibility index (Phi) is 4.63. The third kappa shape index (κ3) is 3.41. The van der Waals surface area contributed by atoms with Crippen molar-refractivity contribution in [3.63, 3.8) is 0 Å². The minimum atomic E-state index is -0.414. The second kappa shape index (κ2) is 7.24. The van der Waals surface area contributed by atoms with Crippen LogP contribution in [0.1, 0.15) is 38.3 Å². The zero-order valence-corrected chi connectivity index (χ0v) is 18.4. The molecule has 3 aromatic rings. The molecule has 1 aromatic heterocycles. The predicted molar refractivity (Wildman–Crippen MR) is 120 cm³/mol. The lowest BCUT2D eigenvalue weighted by Crippen LogP contribution is -2.36. The van der Waals surface area contributed by atoms with Crippen LogP contribution in [0.2, 0.25) is 5.02 Å². The maximum absolute atomic E-state index is 13.3. The second-order valence-electron chi connectivity index (χ2n) is 8.81. The van der Waals surface area contributed by atoms with E-state index in [1.807, 2.05) is 48.5 Å². The normalized spacial score (nSPS) is 19.5. The molecule has 1 aliphatic heterocycles. The van der Waals surface area contributed by atoms with Gasteiger partial charge in [-0.1, -0.05) is 43.6 Å². The maximum atomic E-state index is 13.3. The molecule has 5 rings (SSSR count). The Balaban J connectivity index is 1.67. The average Bonchev–Trinajstić information content (AvgIpc) is 3.15. The smallest absolute Gasteiger partial charge is 0.226 e. The number of nitrogens with zero attached hydrogens (tertiary/aromatic N) is 3. The number of carbonyl (C=O) groups excluding carboxylic acids is 1. The van der Waals surface area contributed by atoms with E-state index < -0.39 is 6.04 Å². The van der Waals surface area contributed by atoms with Crippen LogP contribution in [-0.2, 0) is 4.79 Å². The van der Waals surface area contributed by atoms with Crippen LogP contribution in [0, 0.1) is 5.41 Å². The minimum absolute atomic E-state index is 0.116. The number of rotatable bonds is 3. The highest BCUT2D eigenvalue weighted by Gasteiger charge is 2.42. The van der Waals surface area contributed by atoms with Gasteiger partial charge in [0.25, 0.3) is 0 Å². The molecule has 1 N–H and O–H groups in total. The van der Waals surface area contributed by atoms with Crippen LogP contribution in [0.3, 0.4) is 0 Å². The lowest BCUT2D eigenvalue weighted by molar-refractivity contribution is -0.118. The van der Waals surface area contributed by atoms with Crippen molar-refractivity contribution in [3.8, 4) is 17.1 Å². The van der Waals surface area contributed by atoms with Gasteiger partial charge < -0.3 is 10.1 Å². The molecule has 0 bridgehead atoms. The van der Waals surface area contributed by atoms with E-state index in [1.165, 1.54) is 0 Å². The van der Waals surface area contributed by atoms with Crippen molar-refractivity contribution < 1.29 is 9.53 Å². The molecule has 0 fully saturated rings. The lowest BCUT2D eigenvalue weighted by Gasteiger charge is -2.38. The van der Waals surface area contributed by atoms with Crippen LogP contribution in [-0.4, -0.2) is 27.7 Å². The SMILES string of the molecule is COc1ccc(-c2nc3n(n2)[C@@H](c2ccccc2Cl)C2=C(CC(C)(C)CC2=O)N3)cc1. The quantitative estimate of drug-likeness (QED) is 0.608. The van der Waals surface area contributed by atoms with E-state index in [0.717, 1.165) is 34.6 Å². The van der Waals surface area contributed by atoms with Gasteiger partial charge in [0.15, 0.2) is 11.6 Å². The number of benzene rings is 2. The van der Waals surface area contributed by atoms with E-state index in [2.05, 4.69) is 19.2 Å². The molecule has 1 atom stereocenters. The fraction of sp³-hybridized carbons (Fsp3) is 0.292. The molecule has 0 spiro atoms. The average molecular weight is 435 g/mol. The van der Waals surface area contributed by atoms with Crippen molar-refractivity contribution in [1.29, 1.82) is 0 Å². The molecule has 0 amide bonds. The number of halogens is 1. The van der Waals surface area contributed by atoms with Crippen LogP contribution < -0.4 is 10.1 Å². The first-order chi connectivity index (χ1) is 14.9. The van der Waals surface area contributed by atoms with E-state index in [0.29, 0.717) is 23.2 Å². The fourth-order valence-electron chi connectivity index (χ4n) is 4.46. The van der Waals surface area contributed by atoms with Gasteiger partial charge in [0.2, 0.25) is 5.95 Å². The van der Waals surface area contributed by atoms with Gasteiger partial charge in [-0.2, -0.15) is 4.98 Å². The summed E-state index contributed by atoms with van der Waals surface area (Å²) in [7, 11) is 1.63. The van der Waals surface area contributed by atoms with Gasteiger partial charge in [-0.05, 0) is 42.2 Å². The number of carbonyl (C=O) groups is 1. The highest BCUT2D eigenvalue weighted by atomic mass is 35.5. The van der Waals surface area contributed by atoms with Crippen molar-refractivity contribution in [2.45, 2.75) is 32.7 Å². The van der Waals surface area contributed by atoms with Gasteiger partial charge in [0.1, 0.15) is 11.8 Å². The summed E-state index contributed by atoms with van der Waals surface area (Å²) < 4.78 is 7.04. The third-order valence-corrected chi connectivity index (χ3v) is 6.22. The molecule has 31 heavy (non-hydrogen) atoms. The molecular weight excluding hydrogens is 412 g/mol. The van der Waals surface area contributed by atoms with Crippen molar-refractivity contribution in [2.24, 2.45) is 5.41 Å². The number of nitrogens with one attached hydrogen (secondary N) is 1. The van der Waals surface area contributed by atoms with Gasteiger partial charge in [-0.25, -0.2) is 4.68 Å². The molecule has 0 radical (unpaired) electrons. The number of anilines is 1. The number of aromatic nitrogens is 3. The predicted octanol–water partition coefficient (Wildman–Crippen LogP) is 5.27. The van der Waals surface area contributed by atoms with Gasteiger partial charge in [-0.15, -0.1) is 5.10 Å². The molecule has 2 aliphatic rings. The summed E-state index contributed by atoms with van der Waals surface area (Å²) in [5.74, 6) is 2.08. The van der Waals surface area contributed by atoms with E-state index in [1.54, 1.807) is 11.8 Å². The van der Waals surface area contributed by atoms with E-state index in [9.17, 15) is 4.79 Å². The molecule has 0 saturated carbocycles. The summed E-state index contributed by atoms with van der Waals surface area (Å²) in [6.45, 7) is 4.23. The molecule has 0 saturated heterocycles. The van der Waals surface area contributed by atoms with Crippen molar-refractivity contribution in [1.82, 2.24) is 14.8 Å². The molecule has 7 heteroatoms. The third-order valence-electron chi connectivity index (χ3n) is 5.88. The van der Waals surface area contributed by atoms with Crippen LogP contribution in [0.25, 0.3) is 11.4 Å². The Morgan fingerprint density at radius 2 is 1.87 bits per heavy atom. The number of fused-ring (bicyclic) bond motifs is 1. The van der Waals surface area contributed by atoms with E-state index >= 15 is 0 Å². The van der Waals surface area contributed by atoms with Crippen LogP contribution in [0.15, 0.2) is 59.8 Å². The number of ether oxygens (including phenoxy) is 1. The second-order valence-corrected chi connectivity index (χ2v) is 9.22. The Morgan fingerprint density at radius 1 is 1.13 bits per heavy atom. The molecule has 2 heterocycles. The van der Waals surface area contributed by atoms with E-state index in [4.69, 9.17) is 26.4 Å².